The van der Waals surface area contributed by atoms with Crippen molar-refractivity contribution in [1.29, 1.82) is 0 Å². The Morgan fingerprint density at radius 3 is 2.54 bits per heavy atom. The molecule has 0 spiro atoms. The second kappa shape index (κ2) is 11.5. The molecule has 6 nitrogen and oxygen atoms in total. The molecule has 0 radical (unpaired) electrons. The van der Waals surface area contributed by atoms with Crippen LogP contribution in [0.3, 0.4) is 0 Å². The molecule has 1 heterocycles. The van der Waals surface area contributed by atoms with Crippen molar-refractivity contribution in [2.45, 2.75) is 45.7 Å². The van der Waals surface area contributed by atoms with E-state index in [-0.39, 0.29) is 12.5 Å². The first-order chi connectivity index (χ1) is 12.7. The molecule has 1 amide bonds. The van der Waals surface area contributed by atoms with E-state index in [0.717, 1.165) is 51.4 Å². The molecule has 1 aliphatic rings. The summed E-state index contributed by atoms with van der Waals surface area (Å²) in [5.74, 6) is 0.711. The third-order valence-electron chi connectivity index (χ3n) is 4.47. The summed E-state index contributed by atoms with van der Waals surface area (Å²) in [4.78, 5) is 18.7. The molecule has 1 aromatic rings. The van der Waals surface area contributed by atoms with Gasteiger partial charge in [-0.05, 0) is 31.7 Å². The van der Waals surface area contributed by atoms with Crippen LogP contribution in [-0.4, -0.2) is 55.5 Å². The summed E-state index contributed by atoms with van der Waals surface area (Å²) in [6.07, 6.45) is 3.11. The van der Waals surface area contributed by atoms with Crippen molar-refractivity contribution in [3.8, 4) is 0 Å². The molecule has 1 aliphatic heterocycles. The minimum atomic E-state index is -0.0262. The SMILES string of the molecule is CCCNC(=O)CN=C(NCC)NC1CCN(Cc2ccccc2)CC1. The molecular formula is C20H33N5O. The lowest BCUT2D eigenvalue weighted by Crippen LogP contribution is -2.48. The van der Waals surface area contributed by atoms with E-state index in [4.69, 9.17) is 0 Å². The topological polar surface area (TPSA) is 68.8 Å². The molecule has 0 unspecified atom stereocenters. The van der Waals surface area contributed by atoms with Gasteiger partial charge in [0.2, 0.25) is 5.91 Å². The third-order valence-corrected chi connectivity index (χ3v) is 4.47. The monoisotopic (exact) mass is 359 g/mol. The first-order valence-corrected chi connectivity index (χ1v) is 9.79. The summed E-state index contributed by atoms with van der Waals surface area (Å²) in [6, 6.07) is 11.0. The number of hydrogen-bond donors (Lipinski definition) is 3. The van der Waals surface area contributed by atoms with Crippen LogP contribution in [-0.2, 0) is 11.3 Å². The van der Waals surface area contributed by atoms with Crippen LogP contribution in [0.15, 0.2) is 35.3 Å². The van der Waals surface area contributed by atoms with Gasteiger partial charge in [0, 0.05) is 38.8 Å². The summed E-state index contributed by atoms with van der Waals surface area (Å²) in [5, 5.41) is 9.58. The number of piperidine rings is 1. The van der Waals surface area contributed by atoms with Gasteiger partial charge in [-0.1, -0.05) is 37.3 Å². The zero-order chi connectivity index (χ0) is 18.6. The molecule has 0 atom stereocenters. The Bertz CT molecular complexity index is 553. The number of amides is 1. The van der Waals surface area contributed by atoms with Gasteiger partial charge in [-0.25, -0.2) is 4.99 Å². The van der Waals surface area contributed by atoms with Crippen molar-refractivity contribution >= 4 is 11.9 Å². The number of rotatable bonds is 8. The standard InChI is InChI=1S/C20H33N5O/c1-3-12-22-19(26)15-23-20(21-4-2)24-18-10-13-25(14-11-18)16-17-8-6-5-7-9-17/h5-9,18H,3-4,10-16H2,1-2H3,(H,22,26)(H2,21,23,24). The number of aliphatic imine (C=N–C) groups is 1. The van der Waals surface area contributed by atoms with Gasteiger partial charge in [0.1, 0.15) is 6.54 Å². The summed E-state index contributed by atoms with van der Waals surface area (Å²) in [5.41, 5.74) is 1.37. The van der Waals surface area contributed by atoms with Gasteiger partial charge in [0.15, 0.2) is 5.96 Å². The summed E-state index contributed by atoms with van der Waals surface area (Å²) in [7, 11) is 0. The van der Waals surface area contributed by atoms with Gasteiger partial charge >= 0.3 is 0 Å². The number of guanidine groups is 1. The van der Waals surface area contributed by atoms with E-state index in [1.165, 1.54) is 5.56 Å². The maximum atomic E-state index is 11.7. The van der Waals surface area contributed by atoms with Crippen LogP contribution in [0, 0.1) is 0 Å². The van der Waals surface area contributed by atoms with Crippen LogP contribution in [0.25, 0.3) is 0 Å². The van der Waals surface area contributed by atoms with E-state index in [0.29, 0.717) is 12.6 Å². The smallest absolute Gasteiger partial charge is 0.241 e. The van der Waals surface area contributed by atoms with E-state index >= 15 is 0 Å². The Morgan fingerprint density at radius 2 is 1.88 bits per heavy atom. The van der Waals surface area contributed by atoms with Gasteiger partial charge in [0.25, 0.3) is 0 Å². The van der Waals surface area contributed by atoms with E-state index in [2.05, 4.69) is 56.2 Å². The number of nitrogens with zero attached hydrogens (tertiary/aromatic N) is 2. The maximum absolute atomic E-state index is 11.7. The lowest BCUT2D eigenvalue weighted by Gasteiger charge is -2.33. The lowest BCUT2D eigenvalue weighted by atomic mass is 10.0. The molecule has 26 heavy (non-hydrogen) atoms. The van der Waals surface area contributed by atoms with Crippen molar-refractivity contribution in [1.82, 2.24) is 20.9 Å². The van der Waals surface area contributed by atoms with Crippen LogP contribution in [0.5, 0.6) is 0 Å². The average Bonchev–Trinajstić information content (AvgIpc) is 2.67. The van der Waals surface area contributed by atoms with Crippen LogP contribution >= 0.6 is 0 Å². The number of likely N-dealkylation sites (tertiary alicyclic amines) is 1. The molecule has 0 aliphatic carbocycles. The second-order valence-electron chi connectivity index (χ2n) is 6.73. The fourth-order valence-electron chi connectivity index (χ4n) is 3.06. The molecule has 0 bridgehead atoms. The normalized spacial score (nSPS) is 16.3. The molecule has 1 fully saturated rings. The number of carbonyl (C=O) groups excluding carboxylic acids is 1. The van der Waals surface area contributed by atoms with Crippen molar-refractivity contribution in [2.75, 3.05) is 32.7 Å². The average molecular weight is 360 g/mol. The van der Waals surface area contributed by atoms with Crippen molar-refractivity contribution in [3.63, 3.8) is 0 Å². The zero-order valence-corrected chi connectivity index (χ0v) is 16.1. The predicted molar refractivity (Wildman–Crippen MR) is 107 cm³/mol. The van der Waals surface area contributed by atoms with Crippen molar-refractivity contribution in [2.24, 2.45) is 4.99 Å². The third kappa shape index (κ3) is 7.44. The first-order valence-electron chi connectivity index (χ1n) is 9.79. The Kier molecular flexibility index (Phi) is 8.96. The molecule has 2 rings (SSSR count). The molecule has 144 valence electrons. The highest BCUT2D eigenvalue weighted by Gasteiger charge is 2.20. The summed E-state index contributed by atoms with van der Waals surface area (Å²) in [6.45, 7) is 8.90. The Labute approximate surface area is 157 Å². The van der Waals surface area contributed by atoms with Gasteiger partial charge in [-0.3, -0.25) is 9.69 Å². The van der Waals surface area contributed by atoms with E-state index in [1.54, 1.807) is 0 Å². The van der Waals surface area contributed by atoms with E-state index in [1.807, 2.05) is 13.8 Å². The first kappa shape index (κ1) is 20.2. The summed E-state index contributed by atoms with van der Waals surface area (Å²) >= 11 is 0. The molecule has 0 saturated carbocycles. The molecule has 3 N–H and O–H groups in total. The van der Waals surface area contributed by atoms with Crippen molar-refractivity contribution < 1.29 is 4.79 Å². The van der Waals surface area contributed by atoms with Gasteiger partial charge < -0.3 is 16.0 Å². The quantitative estimate of drug-likeness (QED) is 0.488. The van der Waals surface area contributed by atoms with Gasteiger partial charge in [-0.2, -0.15) is 0 Å². The summed E-state index contributed by atoms with van der Waals surface area (Å²) < 4.78 is 0. The van der Waals surface area contributed by atoms with E-state index in [9.17, 15) is 4.79 Å². The number of nitrogens with one attached hydrogen (secondary N) is 3. The zero-order valence-electron chi connectivity index (χ0n) is 16.1. The molecule has 1 saturated heterocycles. The Morgan fingerprint density at radius 1 is 1.15 bits per heavy atom. The largest absolute Gasteiger partial charge is 0.357 e. The van der Waals surface area contributed by atoms with E-state index < -0.39 is 0 Å². The number of benzene rings is 1. The lowest BCUT2D eigenvalue weighted by molar-refractivity contribution is -0.119. The minimum Gasteiger partial charge on any atom is -0.357 e. The van der Waals surface area contributed by atoms with Gasteiger partial charge in [-0.15, -0.1) is 0 Å². The Balaban J connectivity index is 1.76. The van der Waals surface area contributed by atoms with Crippen LogP contribution in [0.2, 0.25) is 0 Å². The molecule has 6 heteroatoms. The molecule has 1 aromatic carbocycles. The van der Waals surface area contributed by atoms with Crippen LogP contribution < -0.4 is 16.0 Å². The fraction of sp³-hybridized carbons (Fsp3) is 0.600. The van der Waals surface area contributed by atoms with Crippen LogP contribution in [0.4, 0.5) is 0 Å². The maximum Gasteiger partial charge on any atom is 0.241 e. The molecule has 0 aromatic heterocycles. The number of carbonyl (C=O) groups is 1. The Hall–Kier alpha value is -2.08. The highest BCUT2D eigenvalue weighted by atomic mass is 16.1. The fourth-order valence-corrected chi connectivity index (χ4v) is 3.06. The predicted octanol–water partition coefficient (Wildman–Crippen LogP) is 1.73. The van der Waals surface area contributed by atoms with Crippen molar-refractivity contribution in [3.05, 3.63) is 35.9 Å². The number of hydrogen-bond acceptors (Lipinski definition) is 3. The molecular weight excluding hydrogens is 326 g/mol. The minimum absolute atomic E-state index is 0.0262. The highest BCUT2D eigenvalue weighted by Crippen LogP contribution is 2.13. The second-order valence-corrected chi connectivity index (χ2v) is 6.73. The highest BCUT2D eigenvalue weighted by molar-refractivity contribution is 5.85. The van der Waals surface area contributed by atoms with Gasteiger partial charge in [0.05, 0.1) is 0 Å². The van der Waals surface area contributed by atoms with Crippen LogP contribution in [0.1, 0.15) is 38.7 Å².